The van der Waals surface area contributed by atoms with Crippen LogP contribution in [0.15, 0.2) is 87.0 Å². The summed E-state index contributed by atoms with van der Waals surface area (Å²) in [6.45, 7) is 0.362. The minimum absolute atomic E-state index is 0.0147. The summed E-state index contributed by atoms with van der Waals surface area (Å²) in [7, 11) is 1.46. The van der Waals surface area contributed by atoms with Gasteiger partial charge in [-0.1, -0.05) is 47.2 Å². The molecule has 0 spiro atoms. The Morgan fingerprint density at radius 1 is 1.09 bits per heavy atom. The number of amides is 1. The van der Waals surface area contributed by atoms with E-state index in [1.165, 1.54) is 19.3 Å². The fourth-order valence-corrected chi connectivity index (χ4v) is 4.67. The number of nitrogens with zero attached hydrogens (tertiary/aromatic N) is 3. The van der Waals surface area contributed by atoms with Gasteiger partial charge in [0.15, 0.2) is 11.5 Å². The number of hydrogen-bond donors (Lipinski definition) is 2. The van der Waals surface area contributed by atoms with E-state index in [1.54, 1.807) is 30.0 Å². The van der Waals surface area contributed by atoms with E-state index in [-0.39, 0.29) is 11.8 Å². The molecule has 0 radical (unpaired) electrons. The Kier molecular flexibility index (Phi) is 5.92. The molecule has 0 bridgehead atoms. The molecule has 0 unspecified atom stereocenters. The van der Waals surface area contributed by atoms with Gasteiger partial charge in [0, 0.05) is 15.9 Å². The van der Waals surface area contributed by atoms with Gasteiger partial charge in [0.2, 0.25) is 5.89 Å². The molecule has 3 aromatic carbocycles. The van der Waals surface area contributed by atoms with Crippen LogP contribution < -0.4 is 15.0 Å². The van der Waals surface area contributed by atoms with Crippen molar-refractivity contribution in [2.45, 2.75) is 16.3 Å². The molecule has 0 atom stereocenters. The minimum Gasteiger partial charge on any atom is -0.504 e. The third-order valence-corrected chi connectivity index (χ3v) is 6.28. The monoisotopic (exact) mass is 472 g/mol. The smallest absolute Gasteiger partial charge is 0.322 e. The first-order valence-corrected chi connectivity index (χ1v) is 11.2. The number of nitrogens with one attached hydrogen (secondary N) is 1. The van der Waals surface area contributed by atoms with Crippen LogP contribution in [-0.2, 0) is 11.3 Å². The van der Waals surface area contributed by atoms with E-state index in [0.29, 0.717) is 23.7 Å². The van der Waals surface area contributed by atoms with Crippen molar-refractivity contribution in [3.63, 3.8) is 0 Å². The van der Waals surface area contributed by atoms with E-state index in [0.717, 1.165) is 21.2 Å². The van der Waals surface area contributed by atoms with Gasteiger partial charge in [-0.2, -0.15) is 0 Å². The lowest BCUT2D eigenvalue weighted by Crippen LogP contribution is -2.20. The van der Waals surface area contributed by atoms with E-state index in [2.05, 4.69) is 44.7 Å². The molecule has 9 heteroatoms. The molecule has 0 saturated heterocycles. The molecule has 0 fully saturated rings. The Labute approximate surface area is 199 Å². The minimum atomic E-state index is -0.424. The van der Waals surface area contributed by atoms with E-state index >= 15 is 0 Å². The predicted octanol–water partition coefficient (Wildman–Crippen LogP) is 5.24. The maximum Gasteiger partial charge on any atom is 0.322 e. The van der Waals surface area contributed by atoms with Crippen molar-refractivity contribution in [3.8, 4) is 11.5 Å². The van der Waals surface area contributed by atoms with Crippen molar-refractivity contribution >= 4 is 41.1 Å². The van der Waals surface area contributed by atoms with Gasteiger partial charge in [-0.3, -0.25) is 10.1 Å². The number of benzene rings is 3. The fraction of sp³-hybridized carbons (Fsp3) is 0.0800. The summed E-state index contributed by atoms with van der Waals surface area (Å²) < 4.78 is 10.8. The van der Waals surface area contributed by atoms with Gasteiger partial charge < -0.3 is 19.2 Å². The molecule has 1 aliphatic rings. The number of aromatic nitrogens is 2. The van der Waals surface area contributed by atoms with Crippen LogP contribution in [0.4, 0.5) is 17.4 Å². The van der Waals surface area contributed by atoms with E-state index < -0.39 is 5.91 Å². The first-order chi connectivity index (χ1) is 16.6. The highest BCUT2D eigenvalue weighted by Crippen LogP contribution is 2.48. The number of fused-ring (bicyclic) bond motifs is 2. The average Bonchev–Trinajstić information content (AvgIpc) is 3.30. The van der Waals surface area contributed by atoms with Gasteiger partial charge in [-0.15, -0.1) is 5.10 Å². The standard InChI is InChI=1S/C25H20N4O4S/c1-32-20-14-16(10-12-19(20)30)11-13-23(31)26-25-28-27-24(33-25)15-29-17-6-2-4-8-21(17)34-22-9-5-3-7-18(22)29/h2-14,30H,15H2,1H3,(H,26,28,31)/b13-11+. The zero-order valence-electron chi connectivity index (χ0n) is 18.1. The van der Waals surface area contributed by atoms with Crippen molar-refractivity contribution < 1.29 is 19.1 Å². The molecule has 0 aliphatic carbocycles. The van der Waals surface area contributed by atoms with Gasteiger partial charge in [0.25, 0.3) is 5.91 Å². The average molecular weight is 473 g/mol. The highest BCUT2D eigenvalue weighted by atomic mass is 32.2. The van der Waals surface area contributed by atoms with Crippen LogP contribution in [0.3, 0.4) is 0 Å². The molecule has 0 saturated carbocycles. The molecular weight excluding hydrogens is 452 g/mol. The zero-order valence-corrected chi connectivity index (χ0v) is 19.0. The summed E-state index contributed by atoms with van der Waals surface area (Å²) in [5, 5.41) is 20.3. The number of anilines is 3. The molecule has 1 amide bonds. The van der Waals surface area contributed by atoms with Crippen molar-refractivity contribution in [2.75, 3.05) is 17.3 Å². The van der Waals surface area contributed by atoms with Gasteiger partial charge in [0.05, 0.1) is 18.5 Å². The molecule has 4 aromatic rings. The Bertz CT molecular complexity index is 1340. The summed E-state index contributed by atoms with van der Waals surface area (Å²) in [5.41, 5.74) is 2.81. The SMILES string of the molecule is COc1cc(/C=C/C(=O)Nc2nnc(CN3c4ccccc4Sc4ccccc43)o2)ccc1O. The second-order valence-corrected chi connectivity index (χ2v) is 8.46. The van der Waals surface area contributed by atoms with Crippen molar-refractivity contribution in [1.82, 2.24) is 10.2 Å². The third-order valence-electron chi connectivity index (χ3n) is 5.15. The Balaban J connectivity index is 1.29. The lowest BCUT2D eigenvalue weighted by atomic mass is 10.2. The number of carbonyl (C=O) groups is 1. The van der Waals surface area contributed by atoms with E-state index in [4.69, 9.17) is 9.15 Å². The first-order valence-electron chi connectivity index (χ1n) is 10.4. The number of phenols is 1. The number of rotatable bonds is 6. The summed E-state index contributed by atoms with van der Waals surface area (Å²) in [6.07, 6.45) is 2.93. The summed E-state index contributed by atoms with van der Waals surface area (Å²) in [5.74, 6) is 0.301. The van der Waals surface area contributed by atoms with Gasteiger partial charge >= 0.3 is 6.01 Å². The van der Waals surface area contributed by atoms with Gasteiger partial charge in [0.1, 0.15) is 6.54 Å². The van der Waals surface area contributed by atoms with Crippen LogP contribution in [0.25, 0.3) is 6.08 Å². The van der Waals surface area contributed by atoms with E-state index in [1.807, 2.05) is 24.3 Å². The number of phenolic OH excluding ortho intramolecular Hbond substituents is 1. The second kappa shape index (κ2) is 9.32. The highest BCUT2D eigenvalue weighted by molar-refractivity contribution is 7.99. The first kappa shape index (κ1) is 21.6. The van der Waals surface area contributed by atoms with Crippen LogP contribution in [0.1, 0.15) is 11.5 Å². The lowest BCUT2D eigenvalue weighted by molar-refractivity contribution is -0.112. The number of methoxy groups -OCH3 is 1. The number of para-hydroxylation sites is 2. The van der Waals surface area contributed by atoms with Gasteiger partial charge in [-0.05, 0) is 48.0 Å². The van der Waals surface area contributed by atoms with Crippen molar-refractivity contribution in [2.24, 2.45) is 0 Å². The molecule has 2 N–H and O–H groups in total. The van der Waals surface area contributed by atoms with Crippen LogP contribution in [0, 0.1) is 0 Å². The summed E-state index contributed by atoms with van der Waals surface area (Å²) >= 11 is 1.72. The largest absolute Gasteiger partial charge is 0.504 e. The predicted molar refractivity (Wildman–Crippen MR) is 129 cm³/mol. The maximum absolute atomic E-state index is 12.3. The molecule has 34 heavy (non-hydrogen) atoms. The maximum atomic E-state index is 12.3. The number of carbonyl (C=O) groups excluding carboxylic acids is 1. The Morgan fingerprint density at radius 2 is 1.79 bits per heavy atom. The summed E-state index contributed by atoms with van der Waals surface area (Å²) in [4.78, 5) is 16.7. The number of ether oxygens (including phenoxy) is 1. The van der Waals surface area contributed by atoms with Crippen LogP contribution in [-0.4, -0.2) is 28.3 Å². The topological polar surface area (TPSA) is 101 Å². The van der Waals surface area contributed by atoms with Gasteiger partial charge in [-0.25, -0.2) is 0 Å². The van der Waals surface area contributed by atoms with Crippen molar-refractivity contribution in [1.29, 1.82) is 0 Å². The van der Waals surface area contributed by atoms with Crippen LogP contribution in [0.5, 0.6) is 11.5 Å². The Morgan fingerprint density at radius 3 is 2.50 bits per heavy atom. The molecule has 170 valence electrons. The number of hydrogen-bond acceptors (Lipinski definition) is 8. The fourth-order valence-electron chi connectivity index (χ4n) is 3.57. The Hall–Kier alpha value is -4.24. The normalized spacial score (nSPS) is 12.3. The number of aromatic hydroxyl groups is 1. The highest BCUT2D eigenvalue weighted by Gasteiger charge is 2.24. The molecule has 1 aliphatic heterocycles. The second-order valence-electron chi connectivity index (χ2n) is 7.38. The van der Waals surface area contributed by atoms with Crippen LogP contribution in [0.2, 0.25) is 0 Å². The third kappa shape index (κ3) is 4.46. The molecular formula is C25H20N4O4S. The lowest BCUT2D eigenvalue weighted by Gasteiger charge is -2.31. The molecule has 5 rings (SSSR count). The van der Waals surface area contributed by atoms with E-state index in [9.17, 15) is 9.90 Å². The van der Waals surface area contributed by atoms with Crippen molar-refractivity contribution in [3.05, 3.63) is 84.3 Å². The summed E-state index contributed by atoms with van der Waals surface area (Å²) in [6, 6.07) is 21.1. The molecule has 8 nitrogen and oxygen atoms in total. The van der Waals surface area contributed by atoms with Crippen LogP contribution >= 0.6 is 11.8 Å². The zero-order chi connectivity index (χ0) is 23.5. The quantitative estimate of drug-likeness (QED) is 0.368. The molecule has 1 aromatic heterocycles. The molecule has 2 heterocycles.